The first kappa shape index (κ1) is 24.5. The van der Waals surface area contributed by atoms with Crippen molar-refractivity contribution in [3.63, 3.8) is 0 Å². The summed E-state index contributed by atoms with van der Waals surface area (Å²) in [7, 11) is 0. The SMILES string of the molecule is O=C(C=Cc1cn(-c2ccccc2)nc1-c1ccc(F)cc1)Nc1nnc(SCc2ccc(F)cc2)s1. The normalized spacial score (nSPS) is 11.2. The number of amides is 1. The quantitative estimate of drug-likeness (QED) is 0.139. The maximum absolute atomic E-state index is 13.5. The van der Waals surface area contributed by atoms with Crippen LogP contribution in [0.5, 0.6) is 0 Å². The van der Waals surface area contributed by atoms with Gasteiger partial charge in [-0.2, -0.15) is 5.10 Å². The van der Waals surface area contributed by atoms with Crippen LogP contribution in [-0.2, 0) is 10.5 Å². The number of rotatable bonds is 8. The summed E-state index contributed by atoms with van der Waals surface area (Å²) in [4.78, 5) is 12.6. The Labute approximate surface area is 219 Å². The number of para-hydroxylation sites is 1. The average molecular weight is 532 g/mol. The van der Waals surface area contributed by atoms with Crippen molar-refractivity contribution in [2.24, 2.45) is 0 Å². The lowest BCUT2D eigenvalue weighted by Gasteiger charge is -2.00. The first-order chi connectivity index (χ1) is 18.0. The van der Waals surface area contributed by atoms with Gasteiger partial charge in [-0.3, -0.25) is 10.1 Å². The van der Waals surface area contributed by atoms with Crippen LogP contribution in [0, 0.1) is 11.6 Å². The fourth-order valence-corrected chi connectivity index (χ4v) is 5.12. The molecule has 2 aromatic heterocycles. The Morgan fingerprint density at radius 3 is 2.38 bits per heavy atom. The number of benzene rings is 3. The number of carbonyl (C=O) groups excluding carboxylic acids is 1. The van der Waals surface area contributed by atoms with Crippen molar-refractivity contribution in [1.82, 2.24) is 20.0 Å². The molecule has 0 unspecified atom stereocenters. The summed E-state index contributed by atoms with van der Waals surface area (Å²) in [6.07, 6.45) is 4.87. The number of hydrogen-bond donors (Lipinski definition) is 1. The third kappa shape index (κ3) is 6.35. The highest BCUT2D eigenvalue weighted by Gasteiger charge is 2.12. The Balaban J connectivity index is 1.29. The summed E-state index contributed by atoms with van der Waals surface area (Å²) >= 11 is 2.71. The van der Waals surface area contributed by atoms with Crippen molar-refractivity contribution in [2.75, 3.05) is 5.32 Å². The molecule has 0 spiro atoms. The number of aromatic nitrogens is 4. The predicted octanol–water partition coefficient (Wildman–Crippen LogP) is 6.61. The zero-order valence-electron chi connectivity index (χ0n) is 19.2. The zero-order valence-corrected chi connectivity index (χ0v) is 20.8. The molecular weight excluding hydrogens is 512 g/mol. The fourth-order valence-electron chi connectivity index (χ4n) is 3.41. The lowest BCUT2D eigenvalue weighted by Crippen LogP contribution is -2.07. The van der Waals surface area contributed by atoms with Gasteiger partial charge in [-0.25, -0.2) is 13.5 Å². The molecule has 10 heteroatoms. The smallest absolute Gasteiger partial charge is 0.250 e. The highest BCUT2D eigenvalue weighted by atomic mass is 32.2. The molecule has 0 fully saturated rings. The summed E-state index contributed by atoms with van der Waals surface area (Å²) in [6.45, 7) is 0. The lowest BCUT2D eigenvalue weighted by atomic mass is 10.1. The maximum atomic E-state index is 13.5. The van der Waals surface area contributed by atoms with Crippen LogP contribution in [0.3, 0.4) is 0 Å². The zero-order chi connectivity index (χ0) is 25.6. The molecular formula is C27H19F2N5OS2. The third-order valence-electron chi connectivity index (χ3n) is 5.21. The Kier molecular flexibility index (Phi) is 7.48. The van der Waals surface area contributed by atoms with E-state index in [0.717, 1.165) is 16.8 Å². The number of anilines is 1. The average Bonchev–Trinajstić information content (AvgIpc) is 3.55. The lowest BCUT2D eigenvalue weighted by molar-refractivity contribution is -0.111. The van der Waals surface area contributed by atoms with E-state index in [4.69, 9.17) is 0 Å². The van der Waals surface area contributed by atoms with E-state index in [9.17, 15) is 13.6 Å². The van der Waals surface area contributed by atoms with Crippen molar-refractivity contribution in [3.05, 3.63) is 114 Å². The van der Waals surface area contributed by atoms with Gasteiger partial charge >= 0.3 is 0 Å². The Morgan fingerprint density at radius 1 is 0.946 bits per heavy atom. The van der Waals surface area contributed by atoms with Gasteiger partial charge in [-0.15, -0.1) is 10.2 Å². The molecule has 6 nitrogen and oxygen atoms in total. The molecule has 0 radical (unpaired) electrons. The van der Waals surface area contributed by atoms with E-state index in [1.54, 1.807) is 35.0 Å². The van der Waals surface area contributed by atoms with Crippen molar-refractivity contribution < 1.29 is 13.6 Å². The Bertz CT molecular complexity index is 1530. The first-order valence-electron chi connectivity index (χ1n) is 11.1. The summed E-state index contributed by atoms with van der Waals surface area (Å²) in [5.74, 6) is -0.376. The van der Waals surface area contributed by atoms with Crippen LogP contribution in [0.15, 0.2) is 95.5 Å². The maximum Gasteiger partial charge on any atom is 0.250 e. The second-order valence-electron chi connectivity index (χ2n) is 7.83. The van der Waals surface area contributed by atoms with Crippen LogP contribution >= 0.6 is 23.1 Å². The van der Waals surface area contributed by atoms with E-state index in [2.05, 4.69) is 20.6 Å². The molecule has 184 valence electrons. The molecule has 5 rings (SSSR count). The van der Waals surface area contributed by atoms with Gasteiger partial charge in [0.05, 0.1) is 11.4 Å². The molecule has 2 heterocycles. The summed E-state index contributed by atoms with van der Waals surface area (Å²) < 4.78 is 28.9. The molecule has 0 saturated carbocycles. The van der Waals surface area contributed by atoms with Crippen LogP contribution in [0.25, 0.3) is 23.0 Å². The van der Waals surface area contributed by atoms with Crippen molar-refractivity contribution in [2.45, 2.75) is 10.1 Å². The van der Waals surface area contributed by atoms with Crippen molar-refractivity contribution in [3.8, 4) is 16.9 Å². The molecule has 1 N–H and O–H groups in total. The predicted molar refractivity (Wildman–Crippen MR) is 142 cm³/mol. The minimum Gasteiger partial charge on any atom is -0.297 e. The molecule has 0 bridgehead atoms. The van der Waals surface area contributed by atoms with Gasteiger partial charge in [-0.1, -0.05) is 53.4 Å². The molecule has 0 saturated heterocycles. The molecule has 3 aromatic carbocycles. The fraction of sp³-hybridized carbons (Fsp3) is 0.0370. The molecule has 0 aliphatic heterocycles. The van der Waals surface area contributed by atoms with Gasteiger partial charge in [0.25, 0.3) is 0 Å². The highest BCUT2D eigenvalue weighted by molar-refractivity contribution is 8.00. The van der Waals surface area contributed by atoms with E-state index in [-0.39, 0.29) is 17.5 Å². The first-order valence-corrected chi connectivity index (χ1v) is 12.9. The second-order valence-corrected chi connectivity index (χ2v) is 10.0. The molecule has 0 atom stereocenters. The van der Waals surface area contributed by atoms with Gasteiger partial charge in [0, 0.05) is 29.2 Å². The number of thioether (sulfide) groups is 1. The number of nitrogens with one attached hydrogen (secondary N) is 1. The standard InChI is InChI=1S/C27H19F2N5OS2/c28-21-11-6-18(7-12-21)17-36-27-32-31-26(37-27)30-24(35)15-10-20-16-34(23-4-2-1-3-5-23)33-25(20)19-8-13-22(29)14-9-19/h1-16H,17H2,(H,30,31,35). The van der Waals surface area contributed by atoms with Crippen LogP contribution < -0.4 is 5.32 Å². The van der Waals surface area contributed by atoms with Crippen LogP contribution in [0.4, 0.5) is 13.9 Å². The van der Waals surface area contributed by atoms with E-state index in [0.29, 0.717) is 26.5 Å². The van der Waals surface area contributed by atoms with Crippen molar-refractivity contribution >= 4 is 40.2 Å². The number of nitrogens with zero attached hydrogens (tertiary/aromatic N) is 4. The Morgan fingerprint density at radius 2 is 1.65 bits per heavy atom. The van der Waals surface area contributed by atoms with E-state index in [1.807, 2.05) is 36.5 Å². The molecule has 1 amide bonds. The number of halogens is 2. The largest absolute Gasteiger partial charge is 0.297 e. The molecule has 0 aliphatic carbocycles. The van der Waals surface area contributed by atoms with E-state index in [1.165, 1.54) is 53.4 Å². The monoisotopic (exact) mass is 531 g/mol. The minimum atomic E-state index is -0.372. The summed E-state index contributed by atoms with van der Waals surface area (Å²) in [5, 5.41) is 15.9. The van der Waals surface area contributed by atoms with Gasteiger partial charge in [0.1, 0.15) is 11.6 Å². The number of hydrogen-bond acceptors (Lipinski definition) is 6. The highest BCUT2D eigenvalue weighted by Crippen LogP contribution is 2.29. The van der Waals surface area contributed by atoms with Crippen LogP contribution in [0.1, 0.15) is 11.1 Å². The second kappa shape index (κ2) is 11.3. The summed E-state index contributed by atoms with van der Waals surface area (Å²) in [6, 6.07) is 21.9. The third-order valence-corrected chi connectivity index (χ3v) is 7.25. The van der Waals surface area contributed by atoms with Crippen LogP contribution in [-0.4, -0.2) is 25.9 Å². The van der Waals surface area contributed by atoms with Gasteiger partial charge in [-0.05, 0) is 60.2 Å². The van der Waals surface area contributed by atoms with Gasteiger partial charge in [0.2, 0.25) is 11.0 Å². The Hall–Kier alpha value is -4.15. The molecule has 0 aliphatic rings. The van der Waals surface area contributed by atoms with E-state index >= 15 is 0 Å². The summed E-state index contributed by atoms with van der Waals surface area (Å²) in [5.41, 5.74) is 3.85. The van der Waals surface area contributed by atoms with Crippen LogP contribution in [0.2, 0.25) is 0 Å². The van der Waals surface area contributed by atoms with Gasteiger partial charge < -0.3 is 0 Å². The topological polar surface area (TPSA) is 72.7 Å². The number of carbonyl (C=O) groups is 1. The molecule has 5 aromatic rings. The minimum absolute atomic E-state index is 0.278. The van der Waals surface area contributed by atoms with Gasteiger partial charge in [0.15, 0.2) is 4.34 Å². The van der Waals surface area contributed by atoms with Crippen molar-refractivity contribution in [1.29, 1.82) is 0 Å². The van der Waals surface area contributed by atoms with E-state index < -0.39 is 0 Å². The molecule has 37 heavy (non-hydrogen) atoms.